The fourth-order valence-corrected chi connectivity index (χ4v) is 3.37. The number of methoxy groups -OCH3 is 1. The molecule has 0 aliphatic heterocycles. The molecule has 6 nitrogen and oxygen atoms in total. The van der Waals surface area contributed by atoms with Crippen LogP contribution in [0, 0.1) is 6.92 Å². The molecule has 0 spiro atoms. The summed E-state index contributed by atoms with van der Waals surface area (Å²) in [6.45, 7) is 1.42. The number of rotatable bonds is 7. The van der Waals surface area contributed by atoms with E-state index in [4.69, 9.17) is 21.1 Å². The fourth-order valence-electron chi connectivity index (χ4n) is 2.13. The highest BCUT2D eigenvalue weighted by molar-refractivity contribution is 7.90. The Labute approximate surface area is 151 Å². The molecular formula is C17H18ClNO5S. The van der Waals surface area contributed by atoms with E-state index in [-0.39, 0.29) is 11.5 Å². The summed E-state index contributed by atoms with van der Waals surface area (Å²) in [6.07, 6.45) is 0. The zero-order valence-corrected chi connectivity index (χ0v) is 15.4. The Hall–Kier alpha value is -2.09. The molecule has 2 aromatic carbocycles. The molecule has 0 heterocycles. The summed E-state index contributed by atoms with van der Waals surface area (Å²) >= 11 is 5.98. The Morgan fingerprint density at radius 2 is 1.92 bits per heavy atom. The van der Waals surface area contributed by atoms with Gasteiger partial charge in [-0.1, -0.05) is 29.8 Å². The largest absolute Gasteiger partial charge is 0.496 e. The van der Waals surface area contributed by atoms with Crippen LogP contribution in [0.1, 0.15) is 11.1 Å². The van der Waals surface area contributed by atoms with E-state index in [1.165, 1.54) is 25.3 Å². The normalized spacial score (nSPS) is 11.2. The third-order valence-corrected chi connectivity index (χ3v) is 5.11. The molecule has 0 bridgehead atoms. The highest BCUT2D eigenvalue weighted by Crippen LogP contribution is 2.21. The third-order valence-electron chi connectivity index (χ3n) is 3.37. The van der Waals surface area contributed by atoms with Crippen molar-refractivity contribution in [3.8, 4) is 5.75 Å². The first-order chi connectivity index (χ1) is 11.8. The Balaban J connectivity index is 1.95. The van der Waals surface area contributed by atoms with E-state index in [1.54, 1.807) is 31.2 Å². The molecule has 1 N–H and O–H groups in total. The van der Waals surface area contributed by atoms with Crippen molar-refractivity contribution in [1.82, 2.24) is 4.72 Å². The van der Waals surface area contributed by atoms with Gasteiger partial charge in [0.05, 0.1) is 18.6 Å². The number of benzene rings is 2. The number of aryl methyl sites for hydroxylation is 1. The maximum atomic E-state index is 12.2. The lowest BCUT2D eigenvalue weighted by molar-refractivity contribution is -0.124. The summed E-state index contributed by atoms with van der Waals surface area (Å²) in [4.78, 5) is 11.8. The molecule has 0 unspecified atom stereocenters. The predicted molar refractivity (Wildman–Crippen MR) is 94.2 cm³/mol. The van der Waals surface area contributed by atoms with Crippen molar-refractivity contribution in [1.29, 1.82) is 0 Å². The zero-order valence-electron chi connectivity index (χ0n) is 13.8. The molecule has 134 valence electrons. The molecule has 0 fully saturated rings. The van der Waals surface area contributed by atoms with Crippen molar-refractivity contribution < 1.29 is 22.7 Å². The van der Waals surface area contributed by atoms with E-state index >= 15 is 0 Å². The lowest BCUT2D eigenvalue weighted by Crippen LogP contribution is -2.33. The monoisotopic (exact) mass is 383 g/mol. The summed E-state index contributed by atoms with van der Waals surface area (Å²) in [5.74, 6) is -0.200. The van der Waals surface area contributed by atoms with Gasteiger partial charge in [-0.2, -0.15) is 0 Å². The zero-order chi connectivity index (χ0) is 18.4. The number of carbonyl (C=O) groups excluding carboxylic acids is 1. The van der Waals surface area contributed by atoms with E-state index in [0.717, 1.165) is 0 Å². The first-order valence-corrected chi connectivity index (χ1v) is 9.21. The highest BCUT2D eigenvalue weighted by Gasteiger charge is 2.18. The van der Waals surface area contributed by atoms with Crippen molar-refractivity contribution in [2.45, 2.75) is 18.4 Å². The van der Waals surface area contributed by atoms with Crippen LogP contribution < -0.4 is 9.46 Å². The smallest absolute Gasteiger partial charge is 0.264 e. The van der Waals surface area contributed by atoms with Gasteiger partial charge in [-0.15, -0.1) is 0 Å². The van der Waals surface area contributed by atoms with Crippen molar-refractivity contribution >= 4 is 27.5 Å². The summed E-state index contributed by atoms with van der Waals surface area (Å²) in [7, 11) is -2.48. The maximum absolute atomic E-state index is 12.2. The van der Waals surface area contributed by atoms with Crippen LogP contribution in [0.15, 0.2) is 47.4 Å². The van der Waals surface area contributed by atoms with Gasteiger partial charge < -0.3 is 9.47 Å². The molecule has 2 aromatic rings. The van der Waals surface area contributed by atoms with Gasteiger partial charge in [0.25, 0.3) is 15.9 Å². The molecule has 2 rings (SSSR count). The molecule has 0 aromatic heterocycles. The Bertz CT molecular complexity index is 867. The van der Waals surface area contributed by atoms with Crippen LogP contribution in [-0.2, 0) is 26.2 Å². The number of nitrogens with one attached hydrogen (secondary N) is 1. The number of sulfonamides is 1. The quantitative estimate of drug-likeness (QED) is 0.794. The van der Waals surface area contributed by atoms with E-state index in [2.05, 4.69) is 0 Å². The van der Waals surface area contributed by atoms with E-state index in [9.17, 15) is 13.2 Å². The average Bonchev–Trinajstić information content (AvgIpc) is 2.56. The van der Waals surface area contributed by atoms with Gasteiger partial charge in [-0.3, -0.25) is 4.79 Å². The van der Waals surface area contributed by atoms with Gasteiger partial charge in [-0.05, 0) is 42.3 Å². The number of ether oxygens (including phenoxy) is 2. The van der Waals surface area contributed by atoms with Crippen LogP contribution in [0.25, 0.3) is 0 Å². The number of halogens is 1. The number of hydrogen-bond donors (Lipinski definition) is 1. The minimum absolute atomic E-state index is 0.0229. The SMILES string of the molecule is COc1ccc(S(=O)(=O)NC(=O)COCc2ccccc2Cl)cc1C. The van der Waals surface area contributed by atoms with Gasteiger partial charge >= 0.3 is 0 Å². The van der Waals surface area contributed by atoms with Crippen LogP contribution >= 0.6 is 11.6 Å². The van der Waals surface area contributed by atoms with Crippen molar-refractivity contribution in [2.75, 3.05) is 13.7 Å². The van der Waals surface area contributed by atoms with Gasteiger partial charge in [-0.25, -0.2) is 13.1 Å². The Morgan fingerprint density at radius 1 is 1.20 bits per heavy atom. The first-order valence-electron chi connectivity index (χ1n) is 7.35. The molecule has 0 aliphatic carbocycles. The summed E-state index contributed by atoms with van der Waals surface area (Å²) in [6, 6.07) is 11.4. The first kappa shape index (κ1) is 19.2. The van der Waals surface area contributed by atoms with Gasteiger partial charge in [0.2, 0.25) is 0 Å². The molecule has 0 radical (unpaired) electrons. The second-order valence-corrected chi connectivity index (χ2v) is 7.33. The van der Waals surface area contributed by atoms with Gasteiger partial charge in [0, 0.05) is 5.02 Å². The minimum atomic E-state index is -3.97. The number of hydrogen-bond acceptors (Lipinski definition) is 5. The van der Waals surface area contributed by atoms with E-state index in [0.29, 0.717) is 21.9 Å². The highest BCUT2D eigenvalue weighted by atomic mass is 35.5. The van der Waals surface area contributed by atoms with Crippen LogP contribution in [0.2, 0.25) is 5.02 Å². The fraction of sp³-hybridized carbons (Fsp3) is 0.235. The Kier molecular flexibility index (Phi) is 6.41. The second-order valence-electron chi connectivity index (χ2n) is 5.24. The number of amides is 1. The average molecular weight is 384 g/mol. The topological polar surface area (TPSA) is 81.7 Å². The summed E-state index contributed by atoms with van der Waals surface area (Å²) in [5, 5.41) is 0.518. The third kappa shape index (κ3) is 5.19. The lowest BCUT2D eigenvalue weighted by atomic mass is 10.2. The molecule has 0 saturated carbocycles. The van der Waals surface area contributed by atoms with Crippen molar-refractivity contribution in [3.05, 3.63) is 58.6 Å². The maximum Gasteiger partial charge on any atom is 0.264 e. The minimum Gasteiger partial charge on any atom is -0.496 e. The van der Waals surface area contributed by atoms with Crippen molar-refractivity contribution in [3.63, 3.8) is 0 Å². The van der Waals surface area contributed by atoms with Gasteiger partial charge in [0.15, 0.2) is 0 Å². The van der Waals surface area contributed by atoms with Crippen LogP contribution in [0.5, 0.6) is 5.75 Å². The standard InChI is InChI=1S/C17H18ClNO5S/c1-12-9-14(7-8-16(12)23-2)25(21,22)19-17(20)11-24-10-13-5-3-4-6-15(13)18/h3-9H,10-11H2,1-2H3,(H,19,20). The van der Waals surface area contributed by atoms with E-state index < -0.39 is 22.5 Å². The lowest BCUT2D eigenvalue weighted by Gasteiger charge is -2.10. The molecule has 25 heavy (non-hydrogen) atoms. The second kappa shape index (κ2) is 8.33. The molecule has 0 atom stereocenters. The number of carbonyl (C=O) groups is 1. The predicted octanol–water partition coefficient (Wildman–Crippen LogP) is 2.68. The van der Waals surface area contributed by atoms with Gasteiger partial charge in [0.1, 0.15) is 12.4 Å². The molecular weight excluding hydrogens is 366 g/mol. The molecule has 8 heteroatoms. The summed E-state index contributed by atoms with van der Waals surface area (Å²) in [5.41, 5.74) is 1.36. The Morgan fingerprint density at radius 3 is 2.56 bits per heavy atom. The van der Waals surface area contributed by atoms with Crippen LogP contribution in [-0.4, -0.2) is 28.0 Å². The van der Waals surface area contributed by atoms with Crippen molar-refractivity contribution in [2.24, 2.45) is 0 Å². The van der Waals surface area contributed by atoms with Crippen LogP contribution in [0.4, 0.5) is 0 Å². The van der Waals surface area contributed by atoms with E-state index in [1.807, 2.05) is 4.72 Å². The molecule has 1 amide bonds. The molecule has 0 aliphatic rings. The van der Waals surface area contributed by atoms with Crippen LogP contribution in [0.3, 0.4) is 0 Å². The molecule has 0 saturated heterocycles. The summed E-state index contributed by atoms with van der Waals surface area (Å²) < 4.78 is 36.7.